The Hall–Kier alpha value is -2.24. The SMILES string of the molecule is COc1ccc(C(=O)O)c(OCC(=O)N[C@@H]2CCCC[C@@H]2C)c1. The van der Waals surface area contributed by atoms with Crippen molar-refractivity contribution in [3.63, 3.8) is 0 Å². The zero-order valence-corrected chi connectivity index (χ0v) is 13.5. The number of carbonyl (C=O) groups is 2. The number of hydrogen-bond donors (Lipinski definition) is 2. The van der Waals surface area contributed by atoms with Gasteiger partial charge in [0.2, 0.25) is 0 Å². The maximum atomic E-state index is 12.1. The summed E-state index contributed by atoms with van der Waals surface area (Å²) in [4.78, 5) is 23.3. The van der Waals surface area contributed by atoms with Crippen LogP contribution in [0.4, 0.5) is 0 Å². The second-order valence-electron chi connectivity index (χ2n) is 5.89. The summed E-state index contributed by atoms with van der Waals surface area (Å²) in [5.74, 6) is -0.277. The van der Waals surface area contributed by atoms with Gasteiger partial charge in [-0.15, -0.1) is 0 Å². The number of carboxylic acids is 1. The zero-order valence-electron chi connectivity index (χ0n) is 13.5. The number of hydrogen-bond acceptors (Lipinski definition) is 4. The van der Waals surface area contributed by atoms with Gasteiger partial charge in [0.15, 0.2) is 6.61 Å². The maximum Gasteiger partial charge on any atom is 0.339 e. The molecular weight excluding hydrogens is 298 g/mol. The second kappa shape index (κ2) is 7.85. The van der Waals surface area contributed by atoms with Gasteiger partial charge in [0.05, 0.1) is 7.11 Å². The number of aromatic carboxylic acids is 1. The average molecular weight is 321 g/mol. The van der Waals surface area contributed by atoms with Crippen molar-refractivity contribution < 1.29 is 24.2 Å². The lowest BCUT2D eigenvalue weighted by Gasteiger charge is -2.29. The van der Waals surface area contributed by atoms with E-state index in [1.807, 2.05) is 0 Å². The van der Waals surface area contributed by atoms with Crippen LogP contribution in [0.5, 0.6) is 11.5 Å². The Bertz CT molecular complexity index is 572. The Morgan fingerprint density at radius 2 is 2.04 bits per heavy atom. The molecular formula is C17H23NO5. The van der Waals surface area contributed by atoms with Crippen LogP contribution < -0.4 is 14.8 Å². The molecule has 1 amide bonds. The molecule has 0 aliphatic heterocycles. The largest absolute Gasteiger partial charge is 0.497 e. The predicted octanol–water partition coefficient (Wildman–Crippen LogP) is 2.47. The highest BCUT2D eigenvalue weighted by molar-refractivity contribution is 5.91. The molecule has 126 valence electrons. The molecule has 1 fully saturated rings. The van der Waals surface area contributed by atoms with Gasteiger partial charge in [-0.05, 0) is 30.9 Å². The van der Waals surface area contributed by atoms with Gasteiger partial charge in [0, 0.05) is 12.1 Å². The first-order chi connectivity index (χ1) is 11.0. The molecule has 2 atom stereocenters. The van der Waals surface area contributed by atoms with E-state index in [9.17, 15) is 9.59 Å². The third-order valence-electron chi connectivity index (χ3n) is 4.24. The van der Waals surface area contributed by atoms with Crippen molar-refractivity contribution >= 4 is 11.9 Å². The molecule has 0 aromatic heterocycles. The molecule has 1 aliphatic rings. The van der Waals surface area contributed by atoms with Crippen LogP contribution in [0.3, 0.4) is 0 Å². The van der Waals surface area contributed by atoms with Gasteiger partial charge in [0.1, 0.15) is 17.1 Å². The standard InChI is InChI=1S/C17H23NO5/c1-11-5-3-4-6-14(11)18-16(19)10-23-15-9-12(22-2)7-8-13(15)17(20)21/h7-9,11,14H,3-6,10H2,1-2H3,(H,18,19)(H,20,21)/t11-,14+/m0/s1. The maximum absolute atomic E-state index is 12.1. The molecule has 6 heteroatoms. The highest BCUT2D eigenvalue weighted by Crippen LogP contribution is 2.25. The van der Waals surface area contributed by atoms with Crippen molar-refractivity contribution in [1.29, 1.82) is 0 Å². The summed E-state index contributed by atoms with van der Waals surface area (Å²) in [6, 6.07) is 4.58. The lowest BCUT2D eigenvalue weighted by molar-refractivity contribution is -0.124. The van der Waals surface area contributed by atoms with E-state index in [-0.39, 0.29) is 29.9 Å². The smallest absolute Gasteiger partial charge is 0.339 e. The van der Waals surface area contributed by atoms with E-state index in [0.29, 0.717) is 11.7 Å². The third-order valence-corrected chi connectivity index (χ3v) is 4.24. The zero-order chi connectivity index (χ0) is 16.8. The van der Waals surface area contributed by atoms with Crippen LogP contribution in [0.1, 0.15) is 43.0 Å². The first-order valence-corrected chi connectivity index (χ1v) is 7.84. The summed E-state index contributed by atoms with van der Waals surface area (Å²) in [5, 5.41) is 12.1. The molecule has 0 saturated heterocycles. The number of rotatable bonds is 6. The summed E-state index contributed by atoms with van der Waals surface area (Å²) >= 11 is 0. The van der Waals surface area contributed by atoms with Crippen molar-refractivity contribution in [2.45, 2.75) is 38.6 Å². The number of benzene rings is 1. The van der Waals surface area contributed by atoms with Gasteiger partial charge >= 0.3 is 5.97 Å². The van der Waals surface area contributed by atoms with Crippen LogP contribution in [-0.4, -0.2) is 36.7 Å². The Kier molecular flexibility index (Phi) is 5.84. The van der Waals surface area contributed by atoms with Crippen LogP contribution in [0.25, 0.3) is 0 Å². The fourth-order valence-electron chi connectivity index (χ4n) is 2.85. The van der Waals surface area contributed by atoms with E-state index in [1.54, 1.807) is 6.07 Å². The summed E-state index contributed by atoms with van der Waals surface area (Å²) in [7, 11) is 1.48. The van der Waals surface area contributed by atoms with Crippen LogP contribution in [0, 0.1) is 5.92 Å². The normalized spacial score (nSPS) is 20.6. The van der Waals surface area contributed by atoms with Crippen molar-refractivity contribution in [1.82, 2.24) is 5.32 Å². The third kappa shape index (κ3) is 4.61. The highest BCUT2D eigenvalue weighted by Gasteiger charge is 2.23. The molecule has 0 bridgehead atoms. The highest BCUT2D eigenvalue weighted by atomic mass is 16.5. The molecule has 2 rings (SSSR count). The van der Waals surface area contributed by atoms with Gasteiger partial charge in [-0.3, -0.25) is 4.79 Å². The molecule has 2 N–H and O–H groups in total. The minimum absolute atomic E-state index is 0.00429. The molecule has 23 heavy (non-hydrogen) atoms. The monoisotopic (exact) mass is 321 g/mol. The van der Waals surface area contributed by atoms with E-state index in [4.69, 9.17) is 14.6 Å². The summed E-state index contributed by atoms with van der Waals surface area (Å²) < 4.78 is 10.5. The van der Waals surface area contributed by atoms with E-state index < -0.39 is 5.97 Å². The fraction of sp³-hybridized carbons (Fsp3) is 0.529. The average Bonchev–Trinajstić information content (AvgIpc) is 2.54. The summed E-state index contributed by atoms with van der Waals surface area (Å²) in [6.07, 6.45) is 4.42. The van der Waals surface area contributed by atoms with E-state index >= 15 is 0 Å². The number of carbonyl (C=O) groups excluding carboxylic acids is 1. The minimum atomic E-state index is -1.11. The van der Waals surface area contributed by atoms with E-state index in [1.165, 1.54) is 25.7 Å². The molecule has 1 saturated carbocycles. The lowest BCUT2D eigenvalue weighted by Crippen LogP contribution is -2.43. The van der Waals surface area contributed by atoms with Crippen LogP contribution in [0.15, 0.2) is 18.2 Å². The fourth-order valence-corrected chi connectivity index (χ4v) is 2.85. The predicted molar refractivity (Wildman–Crippen MR) is 85.0 cm³/mol. The van der Waals surface area contributed by atoms with Gasteiger partial charge in [-0.2, -0.15) is 0 Å². The Balaban J connectivity index is 1.96. The number of methoxy groups -OCH3 is 1. The van der Waals surface area contributed by atoms with Crippen LogP contribution in [-0.2, 0) is 4.79 Å². The van der Waals surface area contributed by atoms with E-state index in [2.05, 4.69) is 12.2 Å². The van der Waals surface area contributed by atoms with E-state index in [0.717, 1.165) is 19.3 Å². The Morgan fingerprint density at radius 1 is 1.30 bits per heavy atom. The van der Waals surface area contributed by atoms with Crippen molar-refractivity contribution in [3.8, 4) is 11.5 Å². The van der Waals surface area contributed by atoms with Crippen LogP contribution in [0.2, 0.25) is 0 Å². The first-order valence-electron chi connectivity index (χ1n) is 7.84. The number of ether oxygens (including phenoxy) is 2. The van der Waals surface area contributed by atoms with Gasteiger partial charge < -0.3 is 19.9 Å². The van der Waals surface area contributed by atoms with Gasteiger partial charge in [-0.1, -0.05) is 19.8 Å². The molecule has 0 spiro atoms. The molecule has 6 nitrogen and oxygen atoms in total. The number of carboxylic acid groups (broad SMARTS) is 1. The first kappa shape index (κ1) is 17.1. The second-order valence-corrected chi connectivity index (χ2v) is 5.89. The summed E-state index contributed by atoms with van der Waals surface area (Å²) in [5.41, 5.74) is 0.00429. The molecule has 1 aromatic rings. The molecule has 0 unspecified atom stereocenters. The summed E-state index contributed by atoms with van der Waals surface area (Å²) in [6.45, 7) is 1.92. The topological polar surface area (TPSA) is 84.9 Å². The van der Waals surface area contributed by atoms with Crippen LogP contribution >= 0.6 is 0 Å². The minimum Gasteiger partial charge on any atom is -0.497 e. The Morgan fingerprint density at radius 3 is 2.70 bits per heavy atom. The number of amides is 1. The quantitative estimate of drug-likeness (QED) is 0.841. The van der Waals surface area contributed by atoms with Crippen molar-refractivity contribution in [2.75, 3.05) is 13.7 Å². The number of nitrogens with one attached hydrogen (secondary N) is 1. The molecule has 0 heterocycles. The Labute approximate surface area is 135 Å². The van der Waals surface area contributed by atoms with Gasteiger partial charge in [-0.25, -0.2) is 4.79 Å². The van der Waals surface area contributed by atoms with Gasteiger partial charge in [0.25, 0.3) is 5.91 Å². The molecule has 1 aliphatic carbocycles. The molecule has 0 radical (unpaired) electrons. The van der Waals surface area contributed by atoms with Crippen molar-refractivity contribution in [3.05, 3.63) is 23.8 Å². The molecule has 1 aromatic carbocycles. The lowest BCUT2D eigenvalue weighted by atomic mass is 9.86. The van der Waals surface area contributed by atoms with Crippen molar-refractivity contribution in [2.24, 2.45) is 5.92 Å².